The molecule has 0 aliphatic carbocycles. The van der Waals surface area contributed by atoms with E-state index in [0.29, 0.717) is 0 Å². The van der Waals surface area contributed by atoms with Crippen molar-refractivity contribution in [2.45, 2.75) is 26.2 Å². The molecule has 0 spiro atoms. The highest BCUT2D eigenvalue weighted by atomic mass is 16.5. The second-order valence-corrected chi connectivity index (χ2v) is 4.71. The molecule has 1 aromatic rings. The largest absolute Gasteiger partial charge is 0.397 e. The highest BCUT2D eigenvalue weighted by molar-refractivity contribution is 5.50. The highest BCUT2D eigenvalue weighted by Crippen LogP contribution is 2.19. The van der Waals surface area contributed by atoms with Gasteiger partial charge in [0.25, 0.3) is 0 Å². The fraction of sp³-hybridized carbons (Fsp3) is 0.615. The van der Waals surface area contributed by atoms with Crippen LogP contribution in [-0.4, -0.2) is 24.7 Å². The summed E-state index contributed by atoms with van der Waals surface area (Å²) in [5.41, 5.74) is 7.50. The van der Waals surface area contributed by atoms with Crippen LogP contribution in [0.4, 0.5) is 11.5 Å². The van der Waals surface area contributed by atoms with Crippen LogP contribution >= 0.6 is 0 Å². The molecule has 4 heteroatoms. The lowest BCUT2D eigenvalue weighted by atomic mass is 9.97. The standard InChI is InChI=1S/C13H21N3O/c1-10-8-12(14)9-16-13(10)15-5-2-11-3-6-17-7-4-11/h8-9,11H,2-7,14H2,1H3,(H,15,16). The molecular formula is C13H21N3O. The molecule has 1 aliphatic heterocycles. The fourth-order valence-electron chi connectivity index (χ4n) is 2.21. The molecule has 3 N–H and O–H groups in total. The molecular weight excluding hydrogens is 214 g/mol. The Morgan fingerprint density at radius 2 is 2.24 bits per heavy atom. The average molecular weight is 235 g/mol. The van der Waals surface area contributed by atoms with Crippen molar-refractivity contribution in [3.8, 4) is 0 Å². The summed E-state index contributed by atoms with van der Waals surface area (Å²) in [5.74, 6) is 1.75. The van der Waals surface area contributed by atoms with E-state index in [0.717, 1.165) is 42.7 Å². The van der Waals surface area contributed by atoms with E-state index in [2.05, 4.69) is 10.3 Å². The smallest absolute Gasteiger partial charge is 0.128 e. The molecule has 0 radical (unpaired) electrons. The number of anilines is 2. The maximum absolute atomic E-state index is 5.67. The predicted octanol–water partition coefficient (Wildman–Crippen LogP) is 2.20. The minimum Gasteiger partial charge on any atom is -0.397 e. The number of pyridine rings is 1. The van der Waals surface area contributed by atoms with E-state index in [1.54, 1.807) is 6.20 Å². The molecule has 4 nitrogen and oxygen atoms in total. The van der Waals surface area contributed by atoms with Crippen LogP contribution in [0.3, 0.4) is 0 Å². The number of nitrogens with two attached hydrogens (primary N) is 1. The van der Waals surface area contributed by atoms with Gasteiger partial charge in [0.2, 0.25) is 0 Å². The Hall–Kier alpha value is -1.29. The van der Waals surface area contributed by atoms with Gasteiger partial charge in [-0.2, -0.15) is 0 Å². The summed E-state index contributed by atoms with van der Waals surface area (Å²) in [7, 11) is 0. The zero-order valence-corrected chi connectivity index (χ0v) is 10.4. The van der Waals surface area contributed by atoms with Gasteiger partial charge in [0, 0.05) is 19.8 Å². The average Bonchev–Trinajstić information content (AvgIpc) is 2.33. The van der Waals surface area contributed by atoms with Gasteiger partial charge in [-0.05, 0) is 43.7 Å². The topological polar surface area (TPSA) is 60.2 Å². The first-order valence-corrected chi connectivity index (χ1v) is 6.29. The molecule has 1 aliphatic rings. The van der Waals surface area contributed by atoms with Crippen molar-refractivity contribution in [2.75, 3.05) is 30.8 Å². The summed E-state index contributed by atoms with van der Waals surface area (Å²) in [4.78, 5) is 4.30. The first-order valence-electron chi connectivity index (χ1n) is 6.29. The maximum atomic E-state index is 5.67. The van der Waals surface area contributed by atoms with E-state index in [9.17, 15) is 0 Å². The van der Waals surface area contributed by atoms with Crippen molar-refractivity contribution in [2.24, 2.45) is 5.92 Å². The third-order valence-electron chi connectivity index (χ3n) is 3.29. The normalized spacial score (nSPS) is 17.0. The SMILES string of the molecule is Cc1cc(N)cnc1NCCC1CCOCC1. The fourth-order valence-corrected chi connectivity index (χ4v) is 2.21. The predicted molar refractivity (Wildman–Crippen MR) is 70.0 cm³/mol. The molecule has 0 aromatic carbocycles. The third-order valence-corrected chi connectivity index (χ3v) is 3.29. The van der Waals surface area contributed by atoms with Crippen LogP contribution in [0.15, 0.2) is 12.3 Å². The zero-order valence-electron chi connectivity index (χ0n) is 10.4. The lowest BCUT2D eigenvalue weighted by Crippen LogP contribution is -2.18. The van der Waals surface area contributed by atoms with Crippen molar-refractivity contribution >= 4 is 11.5 Å². The van der Waals surface area contributed by atoms with Crippen molar-refractivity contribution in [3.05, 3.63) is 17.8 Å². The van der Waals surface area contributed by atoms with Crippen molar-refractivity contribution in [1.82, 2.24) is 4.98 Å². The number of nitrogens with one attached hydrogen (secondary N) is 1. The summed E-state index contributed by atoms with van der Waals surface area (Å²) in [6, 6.07) is 1.95. The molecule has 1 aromatic heterocycles. The highest BCUT2D eigenvalue weighted by Gasteiger charge is 2.13. The van der Waals surface area contributed by atoms with Gasteiger partial charge in [-0.25, -0.2) is 4.98 Å². The number of ether oxygens (including phenoxy) is 1. The minimum absolute atomic E-state index is 0.720. The summed E-state index contributed by atoms with van der Waals surface area (Å²) in [6.45, 7) is 4.84. The molecule has 2 rings (SSSR count). The number of hydrogen-bond acceptors (Lipinski definition) is 4. The van der Waals surface area contributed by atoms with Gasteiger partial charge in [0.15, 0.2) is 0 Å². The summed E-state index contributed by atoms with van der Waals surface area (Å²) < 4.78 is 5.35. The van der Waals surface area contributed by atoms with Gasteiger partial charge in [0.1, 0.15) is 5.82 Å². The van der Waals surface area contributed by atoms with Crippen LogP contribution in [0, 0.1) is 12.8 Å². The zero-order chi connectivity index (χ0) is 12.1. The van der Waals surface area contributed by atoms with Gasteiger partial charge >= 0.3 is 0 Å². The van der Waals surface area contributed by atoms with Crippen molar-refractivity contribution in [1.29, 1.82) is 0 Å². The monoisotopic (exact) mass is 235 g/mol. The van der Waals surface area contributed by atoms with Crippen LogP contribution in [0.25, 0.3) is 0 Å². The van der Waals surface area contributed by atoms with Crippen LogP contribution in [0.1, 0.15) is 24.8 Å². The first-order chi connectivity index (χ1) is 8.25. The Kier molecular flexibility index (Phi) is 4.20. The number of nitrogens with zero attached hydrogens (tertiary/aromatic N) is 1. The molecule has 0 unspecified atom stereocenters. The molecule has 0 saturated carbocycles. The molecule has 1 fully saturated rings. The molecule has 0 atom stereocenters. The molecule has 0 amide bonds. The molecule has 2 heterocycles. The number of hydrogen-bond donors (Lipinski definition) is 2. The van der Waals surface area contributed by atoms with Crippen molar-refractivity contribution in [3.63, 3.8) is 0 Å². The van der Waals surface area contributed by atoms with Gasteiger partial charge in [-0.3, -0.25) is 0 Å². The van der Waals surface area contributed by atoms with Crippen LogP contribution in [0.2, 0.25) is 0 Å². The van der Waals surface area contributed by atoms with Crippen LogP contribution in [-0.2, 0) is 4.74 Å². The van der Waals surface area contributed by atoms with E-state index in [4.69, 9.17) is 10.5 Å². The lowest BCUT2D eigenvalue weighted by molar-refractivity contribution is 0.0649. The third kappa shape index (κ3) is 3.60. The van der Waals surface area contributed by atoms with E-state index < -0.39 is 0 Å². The molecule has 17 heavy (non-hydrogen) atoms. The lowest BCUT2D eigenvalue weighted by Gasteiger charge is -2.22. The first kappa shape index (κ1) is 12.2. The second-order valence-electron chi connectivity index (χ2n) is 4.71. The quantitative estimate of drug-likeness (QED) is 0.840. The van der Waals surface area contributed by atoms with Crippen LogP contribution in [0.5, 0.6) is 0 Å². The number of aryl methyl sites for hydroxylation is 1. The Morgan fingerprint density at radius 3 is 2.94 bits per heavy atom. The Labute approximate surface area is 103 Å². The Morgan fingerprint density at radius 1 is 1.47 bits per heavy atom. The summed E-state index contributed by atoms with van der Waals surface area (Å²) in [6.07, 6.45) is 5.27. The number of rotatable bonds is 4. The van der Waals surface area contributed by atoms with Gasteiger partial charge in [-0.1, -0.05) is 0 Å². The van der Waals surface area contributed by atoms with E-state index in [1.165, 1.54) is 19.3 Å². The Balaban J connectivity index is 1.77. The summed E-state index contributed by atoms with van der Waals surface area (Å²) in [5, 5.41) is 3.38. The van der Waals surface area contributed by atoms with Gasteiger partial charge in [0.05, 0.1) is 11.9 Å². The molecule has 1 saturated heterocycles. The van der Waals surface area contributed by atoms with E-state index in [-0.39, 0.29) is 0 Å². The van der Waals surface area contributed by atoms with Gasteiger partial charge < -0.3 is 15.8 Å². The Bertz CT molecular complexity index is 362. The van der Waals surface area contributed by atoms with E-state index in [1.807, 2.05) is 13.0 Å². The maximum Gasteiger partial charge on any atom is 0.128 e. The summed E-state index contributed by atoms with van der Waals surface area (Å²) >= 11 is 0. The minimum atomic E-state index is 0.720. The van der Waals surface area contributed by atoms with Crippen LogP contribution < -0.4 is 11.1 Å². The van der Waals surface area contributed by atoms with Crippen molar-refractivity contribution < 1.29 is 4.74 Å². The number of nitrogen functional groups attached to an aromatic ring is 1. The molecule has 0 bridgehead atoms. The van der Waals surface area contributed by atoms with Gasteiger partial charge in [-0.15, -0.1) is 0 Å². The van der Waals surface area contributed by atoms with E-state index >= 15 is 0 Å². The second kappa shape index (κ2) is 5.87. The number of aromatic nitrogens is 1. The molecule has 94 valence electrons.